The molecule has 0 aromatic carbocycles. The number of carboxylic acids is 1. The Kier molecular flexibility index (Phi) is 3.50. The summed E-state index contributed by atoms with van der Waals surface area (Å²) in [5, 5.41) is 8.78. The van der Waals surface area contributed by atoms with Crippen molar-refractivity contribution in [3.8, 4) is 0 Å². The molecule has 0 radical (unpaired) electrons. The Morgan fingerprint density at radius 2 is 1.93 bits per heavy atom. The van der Waals surface area contributed by atoms with Crippen LogP contribution in [0.4, 0.5) is 0 Å². The number of hydrogen-bond acceptors (Lipinski definition) is 2. The highest BCUT2D eigenvalue weighted by Gasteiger charge is 2.42. The summed E-state index contributed by atoms with van der Waals surface area (Å²) in [6.45, 7) is 0.323. The third-order valence-electron chi connectivity index (χ3n) is 2.04. The summed E-state index contributed by atoms with van der Waals surface area (Å²) in [6, 6.07) is -0.863. The maximum Gasteiger partial charge on any atom is 0.326 e. The van der Waals surface area contributed by atoms with Crippen LogP contribution in [0.2, 0.25) is 0 Å². The summed E-state index contributed by atoms with van der Waals surface area (Å²) in [5.74, 6) is -1.84. The average molecular weight is 261 g/mol. The molecule has 1 N–H and O–H groups in total. The monoisotopic (exact) mass is 259 g/mol. The molecule has 0 spiro atoms. The summed E-state index contributed by atoms with van der Waals surface area (Å²) in [5.41, 5.74) is 0. The van der Waals surface area contributed by atoms with E-state index in [0.717, 1.165) is 4.90 Å². The molecule has 1 saturated heterocycles. The van der Waals surface area contributed by atoms with Crippen molar-refractivity contribution >= 4 is 46.7 Å². The molecule has 0 aromatic rings. The van der Waals surface area contributed by atoms with E-state index in [0.29, 0.717) is 19.4 Å². The van der Waals surface area contributed by atoms with Gasteiger partial charge in [-0.3, -0.25) is 4.79 Å². The van der Waals surface area contributed by atoms with Gasteiger partial charge in [0, 0.05) is 6.54 Å². The zero-order valence-corrected chi connectivity index (χ0v) is 9.31. The van der Waals surface area contributed by atoms with Crippen molar-refractivity contribution in [3.05, 3.63) is 0 Å². The molecule has 7 heteroatoms. The zero-order chi connectivity index (χ0) is 10.9. The van der Waals surface area contributed by atoms with Crippen LogP contribution in [-0.2, 0) is 9.59 Å². The van der Waals surface area contributed by atoms with Crippen molar-refractivity contribution in [3.63, 3.8) is 0 Å². The van der Waals surface area contributed by atoms with Gasteiger partial charge in [-0.25, -0.2) is 4.79 Å². The van der Waals surface area contributed by atoms with Gasteiger partial charge in [0.1, 0.15) is 6.04 Å². The number of rotatable bonds is 1. The molecule has 1 aliphatic rings. The molecule has 1 heterocycles. The lowest BCUT2D eigenvalue weighted by Gasteiger charge is -2.24. The normalized spacial score (nSPS) is 22.5. The van der Waals surface area contributed by atoms with E-state index in [1.54, 1.807) is 0 Å². The van der Waals surface area contributed by atoms with Crippen LogP contribution in [0, 0.1) is 0 Å². The maximum absolute atomic E-state index is 11.4. The molecule has 0 aromatic heterocycles. The number of halogens is 3. The van der Waals surface area contributed by atoms with E-state index in [4.69, 9.17) is 39.9 Å². The number of aliphatic carboxylic acids is 1. The topological polar surface area (TPSA) is 57.6 Å². The highest BCUT2D eigenvalue weighted by Crippen LogP contribution is 2.31. The third-order valence-corrected chi connectivity index (χ3v) is 2.53. The molecular weight excluding hydrogens is 252 g/mol. The predicted octanol–water partition coefficient (Wildman–Crippen LogP) is 1.43. The van der Waals surface area contributed by atoms with Gasteiger partial charge in [-0.15, -0.1) is 0 Å². The highest BCUT2D eigenvalue weighted by molar-refractivity contribution is 6.76. The molecule has 80 valence electrons. The Bertz CT molecular complexity index is 263. The minimum Gasteiger partial charge on any atom is -0.480 e. The van der Waals surface area contributed by atoms with Crippen LogP contribution in [0.15, 0.2) is 0 Å². The maximum atomic E-state index is 11.4. The molecule has 1 aliphatic heterocycles. The Labute approximate surface area is 95.7 Å². The van der Waals surface area contributed by atoms with Gasteiger partial charge in [-0.05, 0) is 12.8 Å². The number of nitrogens with zero attached hydrogens (tertiary/aromatic N) is 1. The Morgan fingerprint density at radius 3 is 2.36 bits per heavy atom. The van der Waals surface area contributed by atoms with Crippen molar-refractivity contribution < 1.29 is 14.7 Å². The first-order valence-electron chi connectivity index (χ1n) is 3.94. The minimum atomic E-state index is -2.07. The second-order valence-corrected chi connectivity index (χ2v) is 5.27. The van der Waals surface area contributed by atoms with Gasteiger partial charge >= 0.3 is 5.97 Å². The van der Waals surface area contributed by atoms with Crippen molar-refractivity contribution in [1.29, 1.82) is 0 Å². The molecule has 0 aliphatic carbocycles. The number of carbonyl (C=O) groups excluding carboxylic acids is 1. The second-order valence-electron chi connectivity index (χ2n) is 2.99. The fourth-order valence-corrected chi connectivity index (χ4v) is 1.76. The number of hydrogen-bond donors (Lipinski definition) is 1. The SMILES string of the molecule is O=C(O)[C@@H]1CCCN1C(=O)C(Cl)(Cl)Cl. The van der Waals surface area contributed by atoms with E-state index in [1.807, 2.05) is 0 Å². The van der Waals surface area contributed by atoms with Crippen molar-refractivity contribution in [2.75, 3.05) is 6.54 Å². The van der Waals surface area contributed by atoms with E-state index in [-0.39, 0.29) is 0 Å². The van der Waals surface area contributed by atoms with Gasteiger partial charge in [0.2, 0.25) is 0 Å². The van der Waals surface area contributed by atoms with E-state index in [1.165, 1.54) is 0 Å². The molecule has 1 fully saturated rings. The summed E-state index contributed by atoms with van der Waals surface area (Å²) in [7, 11) is 0. The van der Waals surface area contributed by atoms with Crippen molar-refractivity contribution in [2.45, 2.75) is 22.7 Å². The standard InChI is InChI=1S/C7H8Cl3NO3/c8-7(9,10)6(14)11-3-1-2-4(11)5(12)13/h4H,1-3H2,(H,12,13)/t4-/m0/s1. The largest absolute Gasteiger partial charge is 0.480 e. The Hall–Kier alpha value is -0.190. The van der Waals surface area contributed by atoms with Gasteiger partial charge in [-0.1, -0.05) is 34.8 Å². The van der Waals surface area contributed by atoms with Gasteiger partial charge in [0.05, 0.1) is 0 Å². The number of likely N-dealkylation sites (tertiary alicyclic amines) is 1. The predicted molar refractivity (Wildman–Crippen MR) is 52.7 cm³/mol. The Balaban J connectivity index is 2.77. The van der Waals surface area contributed by atoms with Crippen molar-refractivity contribution in [1.82, 2.24) is 4.90 Å². The van der Waals surface area contributed by atoms with E-state index in [2.05, 4.69) is 0 Å². The first-order chi connectivity index (χ1) is 6.34. The van der Waals surface area contributed by atoms with E-state index >= 15 is 0 Å². The van der Waals surface area contributed by atoms with Crippen LogP contribution < -0.4 is 0 Å². The van der Waals surface area contributed by atoms with Crippen LogP contribution >= 0.6 is 34.8 Å². The van der Waals surface area contributed by atoms with Gasteiger partial charge in [0.25, 0.3) is 9.70 Å². The number of alkyl halides is 3. The summed E-state index contributed by atoms with van der Waals surface area (Å²) in [4.78, 5) is 23.3. The lowest BCUT2D eigenvalue weighted by Crippen LogP contribution is -2.45. The number of amides is 1. The molecule has 0 unspecified atom stereocenters. The van der Waals surface area contributed by atoms with E-state index in [9.17, 15) is 9.59 Å². The van der Waals surface area contributed by atoms with Gasteiger partial charge in [-0.2, -0.15) is 0 Å². The molecule has 1 rings (SSSR count). The lowest BCUT2D eigenvalue weighted by molar-refractivity contribution is -0.147. The van der Waals surface area contributed by atoms with Crippen LogP contribution in [0.25, 0.3) is 0 Å². The quantitative estimate of drug-likeness (QED) is 0.726. The molecule has 14 heavy (non-hydrogen) atoms. The van der Waals surface area contributed by atoms with Gasteiger partial charge in [0.15, 0.2) is 0 Å². The summed E-state index contributed by atoms with van der Waals surface area (Å²) < 4.78 is -2.07. The molecule has 1 atom stereocenters. The second kappa shape index (κ2) is 4.13. The summed E-state index contributed by atoms with van der Waals surface area (Å²) >= 11 is 16.1. The number of carbonyl (C=O) groups is 2. The fourth-order valence-electron chi connectivity index (χ4n) is 1.43. The van der Waals surface area contributed by atoms with Crippen LogP contribution in [0.5, 0.6) is 0 Å². The average Bonchev–Trinajstić information content (AvgIpc) is 2.48. The van der Waals surface area contributed by atoms with E-state index < -0.39 is 21.7 Å². The fraction of sp³-hybridized carbons (Fsp3) is 0.714. The van der Waals surface area contributed by atoms with Crippen molar-refractivity contribution in [2.24, 2.45) is 0 Å². The molecule has 1 amide bonds. The first kappa shape index (κ1) is 11.9. The van der Waals surface area contributed by atoms with Crippen LogP contribution in [0.1, 0.15) is 12.8 Å². The number of carboxylic acid groups (broad SMARTS) is 1. The minimum absolute atomic E-state index is 0.323. The van der Waals surface area contributed by atoms with Gasteiger partial charge < -0.3 is 10.0 Å². The lowest BCUT2D eigenvalue weighted by atomic mass is 10.2. The van der Waals surface area contributed by atoms with Crippen LogP contribution in [-0.4, -0.2) is 38.3 Å². The first-order valence-corrected chi connectivity index (χ1v) is 5.08. The molecule has 0 saturated carbocycles. The smallest absolute Gasteiger partial charge is 0.326 e. The molecule has 4 nitrogen and oxygen atoms in total. The van der Waals surface area contributed by atoms with Crippen LogP contribution in [0.3, 0.4) is 0 Å². The zero-order valence-electron chi connectivity index (χ0n) is 7.04. The molecular formula is C7H8Cl3NO3. The third kappa shape index (κ3) is 2.43. The summed E-state index contributed by atoms with van der Waals surface area (Å²) in [6.07, 6.45) is 1.02. The molecule has 0 bridgehead atoms. The Morgan fingerprint density at radius 1 is 1.36 bits per heavy atom. The highest BCUT2D eigenvalue weighted by atomic mass is 35.6.